The Morgan fingerprint density at radius 1 is 1.35 bits per heavy atom. The maximum atomic E-state index is 12.6. The van der Waals surface area contributed by atoms with Gasteiger partial charge >= 0.3 is 0 Å². The van der Waals surface area contributed by atoms with E-state index in [9.17, 15) is 13.5 Å². The summed E-state index contributed by atoms with van der Waals surface area (Å²) in [6.45, 7) is 1.92. The van der Waals surface area contributed by atoms with Crippen molar-refractivity contribution in [2.45, 2.75) is 24.3 Å². The van der Waals surface area contributed by atoms with Gasteiger partial charge < -0.3 is 5.11 Å². The van der Waals surface area contributed by atoms with Crippen molar-refractivity contribution in [1.82, 2.24) is 9.29 Å². The third-order valence-corrected chi connectivity index (χ3v) is 5.11. The van der Waals surface area contributed by atoms with E-state index >= 15 is 0 Å². The van der Waals surface area contributed by atoms with E-state index in [0.29, 0.717) is 11.8 Å². The highest BCUT2D eigenvalue weighted by Gasteiger charge is 2.22. The summed E-state index contributed by atoms with van der Waals surface area (Å²) in [4.78, 5) is 4.27. The van der Waals surface area contributed by atoms with Crippen LogP contribution in [0.3, 0.4) is 0 Å². The number of sulfonamides is 1. The number of hydrogen-bond acceptors (Lipinski definition) is 4. The Bertz CT molecular complexity index is 693. The Morgan fingerprint density at radius 3 is 2.80 bits per heavy atom. The lowest BCUT2D eigenvalue weighted by atomic mass is 10.2. The maximum absolute atomic E-state index is 12.6. The standard InChI is InChI=1S/C14H18N2O3S/c1-11(17)7-9-16(2)20(18,19)14-5-3-4-12-10-15-8-6-13(12)14/h3-6,8,10-11,17H,7,9H2,1-2H3/t11-/m0/s1. The van der Waals surface area contributed by atoms with Crippen molar-refractivity contribution in [2.75, 3.05) is 13.6 Å². The molecule has 1 N–H and O–H groups in total. The first-order valence-electron chi connectivity index (χ1n) is 6.40. The smallest absolute Gasteiger partial charge is 0.243 e. The summed E-state index contributed by atoms with van der Waals surface area (Å²) in [5.74, 6) is 0. The average Bonchev–Trinajstić information content (AvgIpc) is 2.43. The fourth-order valence-corrected chi connectivity index (χ4v) is 3.37. The van der Waals surface area contributed by atoms with Crippen LogP contribution in [0.15, 0.2) is 41.6 Å². The SMILES string of the molecule is C[C@H](O)CCN(C)S(=O)(=O)c1cccc2cnccc12. The Hall–Kier alpha value is -1.50. The van der Waals surface area contributed by atoms with Gasteiger partial charge in [0, 0.05) is 36.8 Å². The molecule has 0 aliphatic rings. The Kier molecular flexibility index (Phi) is 4.37. The van der Waals surface area contributed by atoms with Crippen LogP contribution in [0.4, 0.5) is 0 Å². The molecule has 108 valence electrons. The molecule has 0 spiro atoms. The molecule has 0 saturated heterocycles. The Labute approximate surface area is 118 Å². The van der Waals surface area contributed by atoms with E-state index in [0.717, 1.165) is 5.39 Å². The Morgan fingerprint density at radius 2 is 2.10 bits per heavy atom. The van der Waals surface area contributed by atoms with E-state index < -0.39 is 16.1 Å². The fourth-order valence-electron chi connectivity index (χ4n) is 1.97. The highest BCUT2D eigenvalue weighted by atomic mass is 32.2. The zero-order valence-corrected chi connectivity index (χ0v) is 12.3. The van der Waals surface area contributed by atoms with Gasteiger partial charge in [0.15, 0.2) is 0 Å². The van der Waals surface area contributed by atoms with Crippen molar-refractivity contribution in [3.05, 3.63) is 36.7 Å². The lowest BCUT2D eigenvalue weighted by Crippen LogP contribution is -2.29. The van der Waals surface area contributed by atoms with Crippen molar-refractivity contribution in [2.24, 2.45) is 0 Å². The molecule has 0 fully saturated rings. The van der Waals surface area contributed by atoms with Crippen LogP contribution >= 0.6 is 0 Å². The maximum Gasteiger partial charge on any atom is 0.243 e. The highest BCUT2D eigenvalue weighted by molar-refractivity contribution is 7.89. The third-order valence-electron chi connectivity index (χ3n) is 3.19. The van der Waals surface area contributed by atoms with Gasteiger partial charge in [0.25, 0.3) is 0 Å². The van der Waals surface area contributed by atoms with Crippen LogP contribution in [-0.2, 0) is 10.0 Å². The molecular weight excluding hydrogens is 276 g/mol. The minimum atomic E-state index is -3.57. The summed E-state index contributed by atoms with van der Waals surface area (Å²) in [5, 5.41) is 10.7. The molecule has 2 rings (SSSR count). The first-order valence-corrected chi connectivity index (χ1v) is 7.84. The van der Waals surface area contributed by atoms with Crippen LogP contribution in [0.1, 0.15) is 13.3 Å². The van der Waals surface area contributed by atoms with Gasteiger partial charge in [-0.15, -0.1) is 0 Å². The van der Waals surface area contributed by atoms with Gasteiger partial charge in [0.05, 0.1) is 11.0 Å². The minimum Gasteiger partial charge on any atom is -0.393 e. The topological polar surface area (TPSA) is 70.5 Å². The number of hydrogen-bond donors (Lipinski definition) is 1. The molecular formula is C14H18N2O3S. The molecule has 0 bridgehead atoms. The number of aliphatic hydroxyl groups is 1. The van der Waals surface area contributed by atoms with Gasteiger partial charge in [-0.05, 0) is 25.5 Å². The van der Waals surface area contributed by atoms with Crippen LogP contribution in [0.5, 0.6) is 0 Å². The zero-order chi connectivity index (χ0) is 14.8. The van der Waals surface area contributed by atoms with Gasteiger partial charge in [0.2, 0.25) is 10.0 Å². The number of benzene rings is 1. The number of aromatic nitrogens is 1. The van der Waals surface area contributed by atoms with Gasteiger partial charge in [-0.1, -0.05) is 12.1 Å². The van der Waals surface area contributed by atoms with Crippen LogP contribution in [0.2, 0.25) is 0 Å². The molecule has 2 aromatic rings. The second-order valence-electron chi connectivity index (χ2n) is 4.82. The van der Waals surface area contributed by atoms with Gasteiger partial charge in [-0.25, -0.2) is 12.7 Å². The fraction of sp³-hybridized carbons (Fsp3) is 0.357. The molecule has 5 nitrogen and oxygen atoms in total. The molecule has 1 atom stereocenters. The van der Waals surface area contributed by atoms with E-state index in [4.69, 9.17) is 0 Å². The normalized spacial score (nSPS) is 13.8. The summed E-state index contributed by atoms with van der Waals surface area (Å²) in [5.41, 5.74) is 0. The first kappa shape index (κ1) is 14.9. The van der Waals surface area contributed by atoms with Crippen LogP contribution < -0.4 is 0 Å². The van der Waals surface area contributed by atoms with E-state index in [2.05, 4.69) is 4.98 Å². The van der Waals surface area contributed by atoms with Crippen molar-refractivity contribution in [3.8, 4) is 0 Å². The molecule has 0 amide bonds. The summed E-state index contributed by atoms with van der Waals surface area (Å²) in [7, 11) is -2.04. The Balaban J connectivity index is 2.41. The monoisotopic (exact) mass is 294 g/mol. The zero-order valence-electron chi connectivity index (χ0n) is 11.5. The van der Waals surface area contributed by atoms with Crippen molar-refractivity contribution < 1.29 is 13.5 Å². The van der Waals surface area contributed by atoms with E-state index in [1.165, 1.54) is 11.4 Å². The van der Waals surface area contributed by atoms with Crippen LogP contribution in [0, 0.1) is 0 Å². The molecule has 0 aliphatic heterocycles. The van der Waals surface area contributed by atoms with Gasteiger partial charge in [-0.3, -0.25) is 4.98 Å². The lowest BCUT2D eigenvalue weighted by Gasteiger charge is -2.19. The number of pyridine rings is 1. The summed E-state index contributed by atoms with van der Waals surface area (Å²) in [6, 6.07) is 6.83. The molecule has 0 radical (unpaired) electrons. The molecule has 6 heteroatoms. The van der Waals surface area contributed by atoms with Gasteiger partial charge in [-0.2, -0.15) is 0 Å². The molecule has 1 aromatic heterocycles. The van der Waals surface area contributed by atoms with E-state index in [1.54, 1.807) is 37.5 Å². The second kappa shape index (κ2) is 5.87. The van der Waals surface area contributed by atoms with Crippen molar-refractivity contribution in [1.29, 1.82) is 0 Å². The molecule has 1 aromatic carbocycles. The molecule has 0 aliphatic carbocycles. The summed E-state index contributed by atoms with van der Waals surface area (Å²) < 4.78 is 26.4. The van der Waals surface area contributed by atoms with Gasteiger partial charge in [0.1, 0.15) is 0 Å². The second-order valence-corrected chi connectivity index (χ2v) is 6.83. The largest absolute Gasteiger partial charge is 0.393 e. The molecule has 0 saturated carbocycles. The molecule has 20 heavy (non-hydrogen) atoms. The summed E-state index contributed by atoms with van der Waals surface area (Å²) >= 11 is 0. The lowest BCUT2D eigenvalue weighted by molar-refractivity contribution is 0.177. The minimum absolute atomic E-state index is 0.269. The quantitative estimate of drug-likeness (QED) is 0.910. The molecule has 1 heterocycles. The average molecular weight is 294 g/mol. The number of rotatable bonds is 5. The number of fused-ring (bicyclic) bond motifs is 1. The number of aliphatic hydroxyl groups excluding tert-OH is 1. The highest BCUT2D eigenvalue weighted by Crippen LogP contribution is 2.24. The van der Waals surface area contributed by atoms with Crippen molar-refractivity contribution in [3.63, 3.8) is 0 Å². The predicted molar refractivity (Wildman–Crippen MR) is 77.9 cm³/mol. The predicted octanol–water partition coefficient (Wildman–Crippen LogP) is 1.63. The van der Waals surface area contributed by atoms with Crippen LogP contribution in [0.25, 0.3) is 10.8 Å². The van der Waals surface area contributed by atoms with Crippen LogP contribution in [-0.4, -0.2) is 42.5 Å². The van der Waals surface area contributed by atoms with E-state index in [1.807, 2.05) is 6.07 Å². The number of nitrogens with zero attached hydrogens (tertiary/aromatic N) is 2. The van der Waals surface area contributed by atoms with E-state index in [-0.39, 0.29) is 11.4 Å². The third kappa shape index (κ3) is 2.98. The first-order chi connectivity index (χ1) is 9.43. The summed E-state index contributed by atoms with van der Waals surface area (Å²) in [6.07, 6.45) is 3.10. The molecule has 0 unspecified atom stereocenters. The van der Waals surface area contributed by atoms with Crippen molar-refractivity contribution >= 4 is 20.8 Å².